The van der Waals surface area contributed by atoms with Crippen LogP contribution in [0.3, 0.4) is 0 Å². The van der Waals surface area contributed by atoms with Gasteiger partial charge in [-0.1, -0.05) is 35.9 Å². The van der Waals surface area contributed by atoms with Gasteiger partial charge in [-0.2, -0.15) is 0 Å². The van der Waals surface area contributed by atoms with Crippen LogP contribution in [0.1, 0.15) is 6.42 Å². The smallest absolute Gasteiger partial charge is 0.306 e. The van der Waals surface area contributed by atoms with Gasteiger partial charge in [-0.15, -0.1) is 11.8 Å². The van der Waals surface area contributed by atoms with Crippen molar-refractivity contribution in [1.29, 1.82) is 0 Å². The van der Waals surface area contributed by atoms with Gasteiger partial charge in [0.15, 0.2) is 0 Å². The van der Waals surface area contributed by atoms with Crippen LogP contribution in [0.5, 0.6) is 0 Å². The molecule has 2 aromatic carbocycles. The molecule has 0 aliphatic carbocycles. The third-order valence-electron chi connectivity index (χ3n) is 2.59. The molecule has 0 N–H and O–H groups in total. The highest BCUT2D eigenvalue weighted by Crippen LogP contribution is 2.30. The van der Waals surface area contributed by atoms with Crippen molar-refractivity contribution in [2.24, 2.45) is 0 Å². The Bertz CT molecular complexity index is 569. The molecule has 18 heavy (non-hydrogen) atoms. The van der Waals surface area contributed by atoms with Gasteiger partial charge in [0.05, 0.1) is 13.5 Å². The molecule has 0 spiro atoms. The lowest BCUT2D eigenvalue weighted by Crippen LogP contribution is -2.00. The van der Waals surface area contributed by atoms with E-state index < -0.39 is 0 Å². The molecule has 2 nitrogen and oxygen atoms in total. The Balaban J connectivity index is 2.12. The van der Waals surface area contributed by atoms with Gasteiger partial charge in [0.25, 0.3) is 0 Å². The van der Waals surface area contributed by atoms with Crippen molar-refractivity contribution in [2.45, 2.75) is 11.3 Å². The number of hydrogen-bond acceptors (Lipinski definition) is 3. The van der Waals surface area contributed by atoms with E-state index >= 15 is 0 Å². The normalized spacial score (nSPS) is 10.6. The molecule has 0 radical (unpaired) electrons. The van der Waals surface area contributed by atoms with Crippen molar-refractivity contribution in [3.05, 3.63) is 41.4 Å². The molecule has 0 aliphatic rings. The van der Waals surface area contributed by atoms with Crippen molar-refractivity contribution in [3.63, 3.8) is 0 Å². The molecule has 2 rings (SSSR count). The number of rotatable bonds is 4. The van der Waals surface area contributed by atoms with E-state index in [9.17, 15) is 4.79 Å². The number of esters is 1. The first kappa shape index (κ1) is 13.2. The van der Waals surface area contributed by atoms with Gasteiger partial charge in [-0.3, -0.25) is 4.79 Å². The third-order valence-corrected chi connectivity index (χ3v) is 3.88. The molecular formula is C14H13ClO2S. The minimum atomic E-state index is -0.186. The monoisotopic (exact) mass is 280 g/mol. The second-order valence-corrected chi connectivity index (χ2v) is 5.38. The molecule has 94 valence electrons. The third kappa shape index (κ3) is 3.18. The van der Waals surface area contributed by atoms with Crippen LogP contribution in [0.4, 0.5) is 0 Å². The molecule has 0 aliphatic heterocycles. The highest BCUT2D eigenvalue weighted by molar-refractivity contribution is 7.99. The largest absolute Gasteiger partial charge is 0.469 e. The second kappa shape index (κ2) is 6.12. The minimum absolute atomic E-state index is 0.186. The van der Waals surface area contributed by atoms with E-state index in [1.165, 1.54) is 7.11 Å². The Labute approximate surface area is 115 Å². The first-order valence-electron chi connectivity index (χ1n) is 5.58. The molecule has 2 aromatic rings. The van der Waals surface area contributed by atoms with Crippen LogP contribution in [0.15, 0.2) is 41.3 Å². The number of thioether (sulfide) groups is 1. The van der Waals surface area contributed by atoms with Crippen molar-refractivity contribution < 1.29 is 9.53 Å². The number of ether oxygens (including phenoxy) is 1. The van der Waals surface area contributed by atoms with Gasteiger partial charge in [-0.05, 0) is 17.5 Å². The van der Waals surface area contributed by atoms with Crippen LogP contribution in [0.2, 0.25) is 5.02 Å². The van der Waals surface area contributed by atoms with Crippen molar-refractivity contribution >= 4 is 40.1 Å². The molecule has 0 saturated carbocycles. The number of hydrogen-bond donors (Lipinski definition) is 0. The number of carbonyl (C=O) groups is 1. The highest BCUT2D eigenvalue weighted by Gasteiger charge is 2.04. The topological polar surface area (TPSA) is 26.3 Å². The molecule has 0 unspecified atom stereocenters. The molecule has 0 saturated heterocycles. The zero-order valence-electron chi connectivity index (χ0n) is 9.98. The maximum absolute atomic E-state index is 11.0. The number of fused-ring (bicyclic) bond motifs is 1. The SMILES string of the molecule is COC(=O)CCSc1cc(Cl)c2ccccc2c1. The van der Waals surface area contributed by atoms with Crippen molar-refractivity contribution in [3.8, 4) is 0 Å². The van der Waals surface area contributed by atoms with E-state index in [0.717, 1.165) is 20.7 Å². The first-order valence-corrected chi connectivity index (χ1v) is 6.95. The van der Waals surface area contributed by atoms with E-state index in [0.29, 0.717) is 12.2 Å². The van der Waals surface area contributed by atoms with Crippen LogP contribution >= 0.6 is 23.4 Å². The van der Waals surface area contributed by atoms with Crippen molar-refractivity contribution in [2.75, 3.05) is 12.9 Å². The van der Waals surface area contributed by atoms with Crippen LogP contribution in [-0.2, 0) is 9.53 Å². The van der Waals surface area contributed by atoms with Gasteiger partial charge in [0, 0.05) is 21.1 Å². The Kier molecular flexibility index (Phi) is 4.50. The quantitative estimate of drug-likeness (QED) is 0.622. The highest BCUT2D eigenvalue weighted by atomic mass is 35.5. The lowest BCUT2D eigenvalue weighted by Gasteiger charge is -2.05. The zero-order valence-corrected chi connectivity index (χ0v) is 11.6. The molecule has 0 atom stereocenters. The van der Waals surface area contributed by atoms with Crippen LogP contribution < -0.4 is 0 Å². The predicted molar refractivity (Wildman–Crippen MR) is 76.3 cm³/mol. The average molecular weight is 281 g/mol. The summed E-state index contributed by atoms with van der Waals surface area (Å²) in [5.74, 6) is 0.510. The fraction of sp³-hybridized carbons (Fsp3) is 0.214. The summed E-state index contributed by atoms with van der Waals surface area (Å²) in [4.78, 5) is 12.1. The summed E-state index contributed by atoms with van der Waals surface area (Å²) in [5.41, 5.74) is 0. The zero-order chi connectivity index (χ0) is 13.0. The van der Waals surface area contributed by atoms with E-state index in [1.807, 2.05) is 30.3 Å². The lowest BCUT2D eigenvalue weighted by atomic mass is 10.1. The fourth-order valence-electron chi connectivity index (χ4n) is 1.68. The van der Waals surface area contributed by atoms with Crippen molar-refractivity contribution in [1.82, 2.24) is 0 Å². The number of methoxy groups -OCH3 is 1. The summed E-state index contributed by atoms with van der Waals surface area (Å²) >= 11 is 7.83. The minimum Gasteiger partial charge on any atom is -0.469 e. The molecule has 0 bridgehead atoms. The maximum Gasteiger partial charge on any atom is 0.306 e. The summed E-state index contributed by atoms with van der Waals surface area (Å²) in [6, 6.07) is 12.0. The van der Waals surface area contributed by atoms with Crippen LogP contribution in [0.25, 0.3) is 10.8 Å². The van der Waals surface area contributed by atoms with E-state index in [-0.39, 0.29) is 5.97 Å². The predicted octanol–water partition coefficient (Wildman–Crippen LogP) is 4.15. The molecule has 4 heteroatoms. The number of benzene rings is 2. The molecule has 0 aromatic heterocycles. The fourth-order valence-corrected chi connectivity index (χ4v) is 2.95. The first-order chi connectivity index (χ1) is 8.70. The van der Waals surface area contributed by atoms with E-state index in [2.05, 4.69) is 10.8 Å². The standard InChI is InChI=1S/C14H13ClO2S/c1-17-14(16)6-7-18-11-8-10-4-2-3-5-12(10)13(15)9-11/h2-5,8-9H,6-7H2,1H3. The number of halogens is 1. The summed E-state index contributed by atoms with van der Waals surface area (Å²) in [6.45, 7) is 0. The second-order valence-electron chi connectivity index (χ2n) is 3.80. The lowest BCUT2D eigenvalue weighted by molar-refractivity contribution is -0.140. The Morgan fingerprint density at radius 3 is 2.89 bits per heavy atom. The Morgan fingerprint density at radius 2 is 2.11 bits per heavy atom. The molecule has 0 amide bonds. The molecule has 0 heterocycles. The van der Waals surface area contributed by atoms with E-state index in [4.69, 9.17) is 11.6 Å². The van der Waals surface area contributed by atoms with E-state index in [1.54, 1.807) is 11.8 Å². The summed E-state index contributed by atoms with van der Waals surface area (Å²) < 4.78 is 4.60. The van der Waals surface area contributed by atoms with Crippen LogP contribution in [-0.4, -0.2) is 18.8 Å². The Hall–Kier alpha value is -1.19. The van der Waals surface area contributed by atoms with Gasteiger partial charge in [0.2, 0.25) is 0 Å². The summed E-state index contributed by atoms with van der Waals surface area (Å²) in [6.07, 6.45) is 0.408. The van der Waals surface area contributed by atoms with Gasteiger partial charge in [-0.25, -0.2) is 0 Å². The average Bonchev–Trinajstić information content (AvgIpc) is 2.38. The number of carbonyl (C=O) groups excluding carboxylic acids is 1. The maximum atomic E-state index is 11.0. The summed E-state index contributed by atoms with van der Waals surface area (Å²) in [7, 11) is 1.40. The van der Waals surface area contributed by atoms with Gasteiger partial charge >= 0.3 is 5.97 Å². The van der Waals surface area contributed by atoms with Gasteiger partial charge < -0.3 is 4.74 Å². The Morgan fingerprint density at radius 1 is 1.33 bits per heavy atom. The van der Waals surface area contributed by atoms with Gasteiger partial charge in [0.1, 0.15) is 0 Å². The summed E-state index contributed by atoms with van der Waals surface area (Å²) in [5, 5.41) is 2.91. The molecular weight excluding hydrogens is 268 g/mol. The molecule has 0 fully saturated rings. The van der Waals surface area contributed by atoms with Crippen LogP contribution in [0, 0.1) is 0 Å².